The molecule has 4 unspecified atom stereocenters. The Kier molecular flexibility index (Phi) is 20.0. The minimum atomic E-state index is -1.21. The van der Waals surface area contributed by atoms with Gasteiger partial charge in [0.05, 0.1) is 11.6 Å². The first kappa shape index (κ1) is 46.1. The van der Waals surface area contributed by atoms with Crippen LogP contribution in [0, 0.1) is 17.8 Å². The van der Waals surface area contributed by atoms with Gasteiger partial charge in [-0.2, -0.15) is 0 Å². The third-order valence-corrected chi connectivity index (χ3v) is 10.6. The molecule has 0 bridgehead atoms. The van der Waals surface area contributed by atoms with Crippen LogP contribution in [0.4, 0.5) is 4.79 Å². The van der Waals surface area contributed by atoms with Gasteiger partial charge < -0.3 is 26.2 Å². The Labute approximate surface area is 299 Å². The molecule has 282 valence electrons. The molecule has 1 heterocycles. The molecule has 1 aliphatic heterocycles. The number of hydrogen-bond donors (Lipinski definition) is 4. The van der Waals surface area contributed by atoms with Crippen molar-refractivity contribution < 1.29 is 28.2 Å². The molecule has 2 aliphatic rings. The van der Waals surface area contributed by atoms with Gasteiger partial charge in [-0.15, -0.1) is 12.3 Å². The third kappa shape index (κ3) is 14.8. The number of carbonyl (C=O) groups is 5. The molecule has 12 heteroatoms. The average Bonchev–Trinajstić information content (AvgIpc) is 3.72. The molecule has 11 nitrogen and oxygen atoms in total. The first-order valence-corrected chi connectivity index (χ1v) is 19.6. The summed E-state index contributed by atoms with van der Waals surface area (Å²) in [7, 11) is -1.21. The van der Waals surface area contributed by atoms with Gasteiger partial charge >= 0.3 is 6.03 Å². The van der Waals surface area contributed by atoms with Crippen LogP contribution in [0.15, 0.2) is 0 Å². The summed E-state index contributed by atoms with van der Waals surface area (Å²) in [5.41, 5.74) is -1.43. The Balaban J connectivity index is 0.00000554. The highest BCUT2D eigenvalue weighted by Crippen LogP contribution is 2.28. The molecule has 2 rings (SSSR count). The number of ketones is 1. The summed E-state index contributed by atoms with van der Waals surface area (Å²) in [4.78, 5) is 67.9. The highest BCUT2D eigenvalue weighted by molar-refractivity contribution is 7.86. The van der Waals surface area contributed by atoms with E-state index in [9.17, 15) is 28.2 Å². The summed E-state index contributed by atoms with van der Waals surface area (Å²) < 4.78 is 12.7. The molecule has 1 saturated carbocycles. The van der Waals surface area contributed by atoms with Gasteiger partial charge in [-0.3, -0.25) is 23.4 Å². The summed E-state index contributed by atoms with van der Waals surface area (Å²) in [5.74, 6) is 0.276. The van der Waals surface area contributed by atoms with E-state index in [2.05, 4.69) is 27.2 Å². The number of likely N-dealkylation sites (tertiary alicyclic amines) is 1. The molecule has 1 aliphatic carbocycles. The number of urea groups is 1. The molecule has 0 aromatic carbocycles. The van der Waals surface area contributed by atoms with E-state index >= 15 is 0 Å². The summed E-state index contributed by atoms with van der Waals surface area (Å²) in [6.07, 6.45) is 10.2. The highest BCUT2D eigenvalue weighted by atomic mass is 32.2. The van der Waals surface area contributed by atoms with Crippen molar-refractivity contribution in [3.05, 3.63) is 0 Å². The van der Waals surface area contributed by atoms with E-state index in [0.29, 0.717) is 32.2 Å². The highest BCUT2D eigenvalue weighted by Gasteiger charge is 2.44. The Morgan fingerprint density at radius 2 is 1.53 bits per heavy atom. The van der Waals surface area contributed by atoms with Crippen LogP contribution in [0.1, 0.15) is 141 Å². The minimum Gasteiger partial charge on any atom is -0.347 e. The van der Waals surface area contributed by atoms with E-state index in [-0.39, 0.29) is 24.6 Å². The second-order valence-corrected chi connectivity index (χ2v) is 16.7. The fourth-order valence-corrected chi connectivity index (χ4v) is 6.77. The minimum absolute atomic E-state index is 0.0162. The number of nitrogens with one attached hydrogen (secondary N) is 4. The molecular formula is C37H67N5O6S. The zero-order valence-corrected chi connectivity index (χ0v) is 33.3. The number of carbonyl (C=O) groups excluding carboxylic acids is 5. The fraction of sp³-hybridized carbons (Fsp3) is 0.811. The van der Waals surface area contributed by atoms with Crippen molar-refractivity contribution in [2.75, 3.05) is 12.3 Å². The molecule has 1 saturated heterocycles. The van der Waals surface area contributed by atoms with Gasteiger partial charge in [-0.05, 0) is 71.1 Å². The van der Waals surface area contributed by atoms with Crippen molar-refractivity contribution in [3.8, 4) is 12.3 Å². The Bertz CT molecular complexity index is 1170. The predicted octanol–water partition coefficient (Wildman–Crippen LogP) is 4.99. The zero-order valence-electron chi connectivity index (χ0n) is 32.5. The number of hydrogen-bond acceptors (Lipinski definition) is 6. The molecular weight excluding hydrogens is 643 g/mol. The third-order valence-electron chi connectivity index (χ3n) is 8.45. The monoisotopic (exact) mass is 709 g/mol. The standard InChI is InChI=1S/C33H55N5O6S.2C2H6/c1-10-13-15-23(25(39)28(41)34-22-17-18-22)35-27(40)24-16-14-20-38(24)29(42)26(31(4,5)6)36-30(43)37-33(12-3,19-11-2)21-45(44)32(7,8)9;2*1-2/h1,22-24,26H,11-21H2,2-9H3,(H,34,41)(H,35,40)(H2,36,37,43);2*1-2H3/t23?,24-,26?,33?,45?;;/m0../s1. The SMILES string of the molecule is C#CCCC(NC(=O)[C@@H]1CCCN1C(=O)C(NC(=O)NC(CC)(CCC)CS(=O)C(C)(C)C)C(C)(C)C)C(=O)C(=O)NC1CC1.CC.CC. The number of Topliss-reactive ketones (excluding diaryl/α,β-unsaturated/α-hetero) is 1. The van der Waals surface area contributed by atoms with Crippen molar-refractivity contribution in [1.29, 1.82) is 0 Å². The topological polar surface area (TPSA) is 154 Å². The zero-order chi connectivity index (χ0) is 38.2. The van der Waals surface area contributed by atoms with Crippen molar-refractivity contribution in [2.45, 2.75) is 175 Å². The molecule has 0 spiro atoms. The van der Waals surface area contributed by atoms with Crippen LogP contribution >= 0.6 is 0 Å². The van der Waals surface area contributed by atoms with Crippen LogP contribution in [-0.2, 0) is 30.0 Å². The van der Waals surface area contributed by atoms with Gasteiger partial charge in [0, 0.05) is 40.3 Å². The molecule has 2 fully saturated rings. The summed E-state index contributed by atoms with van der Waals surface area (Å²) >= 11 is 0. The normalized spacial score (nSPS) is 18.8. The number of rotatable bonds is 15. The van der Waals surface area contributed by atoms with E-state index < -0.39 is 74.2 Å². The molecule has 0 aromatic rings. The van der Waals surface area contributed by atoms with Crippen LogP contribution < -0.4 is 21.3 Å². The maximum absolute atomic E-state index is 14.0. The van der Waals surface area contributed by atoms with E-state index in [4.69, 9.17) is 6.42 Å². The number of nitrogens with zero attached hydrogens (tertiary/aromatic N) is 1. The lowest BCUT2D eigenvalue weighted by molar-refractivity contribution is -0.143. The van der Waals surface area contributed by atoms with Gasteiger partial charge in [-0.1, -0.05) is 68.7 Å². The lowest BCUT2D eigenvalue weighted by Crippen LogP contribution is -2.63. The predicted molar refractivity (Wildman–Crippen MR) is 199 cm³/mol. The molecule has 4 N–H and O–H groups in total. The summed E-state index contributed by atoms with van der Waals surface area (Å²) in [5, 5.41) is 11.3. The van der Waals surface area contributed by atoms with Crippen molar-refractivity contribution in [1.82, 2.24) is 26.2 Å². The lowest BCUT2D eigenvalue weighted by atomic mass is 9.85. The van der Waals surface area contributed by atoms with Crippen molar-refractivity contribution >= 4 is 40.3 Å². The Morgan fingerprint density at radius 1 is 0.939 bits per heavy atom. The second-order valence-electron chi connectivity index (χ2n) is 14.5. The average molecular weight is 710 g/mol. The smallest absolute Gasteiger partial charge is 0.315 e. The van der Waals surface area contributed by atoms with E-state index in [1.807, 2.05) is 83.1 Å². The van der Waals surface area contributed by atoms with Crippen LogP contribution in [0.2, 0.25) is 0 Å². The second kappa shape index (κ2) is 21.3. The largest absolute Gasteiger partial charge is 0.347 e. The molecule has 0 aromatic heterocycles. The van der Waals surface area contributed by atoms with Gasteiger partial charge in [0.15, 0.2) is 0 Å². The van der Waals surface area contributed by atoms with Gasteiger partial charge in [0.25, 0.3) is 5.91 Å². The van der Waals surface area contributed by atoms with Crippen LogP contribution in [0.25, 0.3) is 0 Å². The van der Waals surface area contributed by atoms with Gasteiger partial charge in [-0.25, -0.2) is 4.79 Å². The van der Waals surface area contributed by atoms with Crippen LogP contribution in [-0.4, -0.2) is 85.4 Å². The number of terminal acetylenes is 1. The molecule has 49 heavy (non-hydrogen) atoms. The van der Waals surface area contributed by atoms with Gasteiger partial charge in [0.1, 0.15) is 12.1 Å². The van der Waals surface area contributed by atoms with Gasteiger partial charge in [0.2, 0.25) is 17.6 Å². The lowest BCUT2D eigenvalue weighted by Gasteiger charge is -2.38. The first-order valence-electron chi connectivity index (χ1n) is 18.2. The molecule has 5 amide bonds. The van der Waals surface area contributed by atoms with Crippen molar-refractivity contribution in [3.63, 3.8) is 0 Å². The Hall–Kier alpha value is -2.94. The molecule has 0 radical (unpaired) electrons. The number of amides is 5. The van der Waals surface area contributed by atoms with Crippen LogP contribution in [0.5, 0.6) is 0 Å². The fourth-order valence-electron chi connectivity index (χ4n) is 5.42. The maximum Gasteiger partial charge on any atom is 0.315 e. The van der Waals surface area contributed by atoms with E-state index in [1.165, 1.54) is 4.90 Å². The van der Waals surface area contributed by atoms with E-state index in [0.717, 1.165) is 19.3 Å². The summed E-state index contributed by atoms with van der Waals surface area (Å²) in [6.45, 7) is 23.5. The maximum atomic E-state index is 14.0. The van der Waals surface area contributed by atoms with Crippen LogP contribution in [0.3, 0.4) is 0 Å². The quantitative estimate of drug-likeness (QED) is 0.139. The molecule has 5 atom stereocenters. The Morgan fingerprint density at radius 3 is 2.00 bits per heavy atom. The van der Waals surface area contributed by atoms with Crippen molar-refractivity contribution in [2.24, 2.45) is 5.41 Å². The summed E-state index contributed by atoms with van der Waals surface area (Å²) in [6, 6.07) is -3.50. The first-order chi connectivity index (χ1) is 22.9. The van der Waals surface area contributed by atoms with E-state index in [1.54, 1.807) is 0 Å².